The molecule has 0 radical (unpaired) electrons. The Morgan fingerprint density at radius 1 is 1.14 bits per heavy atom. The summed E-state index contributed by atoms with van der Waals surface area (Å²) in [6.45, 7) is 0.0523. The Hall–Kier alpha value is -1.61. The maximum absolute atomic E-state index is 9.04. The van der Waals surface area contributed by atoms with Crippen molar-refractivity contribution in [2.45, 2.75) is 50.7 Å². The van der Waals surface area contributed by atoms with Gasteiger partial charge in [-0.05, 0) is 30.5 Å². The van der Waals surface area contributed by atoms with Crippen LogP contribution in [0.2, 0.25) is 0 Å². The van der Waals surface area contributed by atoms with Crippen molar-refractivity contribution in [1.29, 1.82) is 0 Å². The standard InChI is InChI=1S/C19H25NO2/c21-13-7-12-18-17(14-15-8-3-1-4-9-15)20-19(22-18)16-10-5-2-6-11-16/h2,5-7,10-12,15,17-18,21H,1,3-4,8-9,13-14H2/b12-7+/t17-,18-/m0/s1. The second-order valence-electron chi connectivity index (χ2n) is 6.30. The average molecular weight is 299 g/mol. The van der Waals surface area contributed by atoms with Gasteiger partial charge >= 0.3 is 0 Å². The van der Waals surface area contributed by atoms with E-state index in [2.05, 4.69) is 0 Å². The third-order valence-electron chi connectivity index (χ3n) is 4.66. The Labute approximate surface area is 132 Å². The molecule has 0 amide bonds. The summed E-state index contributed by atoms with van der Waals surface area (Å²) < 4.78 is 6.06. The van der Waals surface area contributed by atoms with E-state index in [0.717, 1.165) is 23.8 Å². The first kappa shape index (κ1) is 15.3. The number of ether oxygens (including phenoxy) is 1. The van der Waals surface area contributed by atoms with Crippen molar-refractivity contribution in [3.8, 4) is 0 Å². The van der Waals surface area contributed by atoms with Crippen LogP contribution in [0.25, 0.3) is 0 Å². The van der Waals surface area contributed by atoms with Crippen LogP contribution in [-0.4, -0.2) is 29.8 Å². The number of aliphatic hydroxyl groups excluding tert-OH is 1. The summed E-state index contributed by atoms with van der Waals surface area (Å²) in [7, 11) is 0. The highest BCUT2D eigenvalue weighted by atomic mass is 16.5. The van der Waals surface area contributed by atoms with Gasteiger partial charge in [0.15, 0.2) is 0 Å². The van der Waals surface area contributed by atoms with Gasteiger partial charge in [0.2, 0.25) is 5.90 Å². The van der Waals surface area contributed by atoms with Crippen molar-refractivity contribution in [2.24, 2.45) is 10.9 Å². The molecule has 1 aromatic carbocycles. The normalized spacial score (nSPS) is 26.1. The fraction of sp³-hybridized carbons (Fsp3) is 0.526. The highest BCUT2D eigenvalue weighted by Crippen LogP contribution is 2.32. The van der Waals surface area contributed by atoms with Crippen LogP contribution in [-0.2, 0) is 4.74 Å². The predicted molar refractivity (Wildman–Crippen MR) is 89.1 cm³/mol. The molecule has 118 valence electrons. The van der Waals surface area contributed by atoms with E-state index in [1.54, 1.807) is 6.08 Å². The quantitative estimate of drug-likeness (QED) is 0.842. The minimum Gasteiger partial charge on any atom is -0.468 e. The molecule has 22 heavy (non-hydrogen) atoms. The molecule has 0 bridgehead atoms. The number of nitrogens with zero attached hydrogens (tertiary/aromatic N) is 1. The Balaban J connectivity index is 1.73. The molecule has 2 atom stereocenters. The summed E-state index contributed by atoms with van der Waals surface area (Å²) in [5, 5.41) is 9.04. The van der Waals surface area contributed by atoms with E-state index in [1.807, 2.05) is 36.4 Å². The molecule has 1 saturated carbocycles. The molecule has 0 unspecified atom stereocenters. The summed E-state index contributed by atoms with van der Waals surface area (Å²) >= 11 is 0. The van der Waals surface area contributed by atoms with E-state index in [0.29, 0.717) is 0 Å². The number of aliphatic imine (C=N–C) groups is 1. The lowest BCUT2D eigenvalue weighted by Crippen LogP contribution is -2.24. The highest BCUT2D eigenvalue weighted by Gasteiger charge is 2.31. The molecule has 1 fully saturated rings. The van der Waals surface area contributed by atoms with Crippen molar-refractivity contribution in [2.75, 3.05) is 6.61 Å². The Morgan fingerprint density at radius 2 is 1.91 bits per heavy atom. The van der Waals surface area contributed by atoms with Crippen LogP contribution < -0.4 is 0 Å². The fourth-order valence-corrected chi connectivity index (χ4v) is 3.50. The average Bonchev–Trinajstić information content (AvgIpc) is 2.97. The topological polar surface area (TPSA) is 41.8 Å². The maximum Gasteiger partial charge on any atom is 0.217 e. The van der Waals surface area contributed by atoms with Gasteiger partial charge in [0.25, 0.3) is 0 Å². The van der Waals surface area contributed by atoms with Crippen molar-refractivity contribution in [1.82, 2.24) is 0 Å². The molecule has 3 rings (SSSR count). The van der Waals surface area contributed by atoms with Crippen LogP contribution in [0.4, 0.5) is 0 Å². The van der Waals surface area contributed by atoms with Crippen molar-refractivity contribution < 1.29 is 9.84 Å². The first-order valence-corrected chi connectivity index (χ1v) is 8.44. The summed E-state index contributed by atoms with van der Waals surface area (Å²) in [6, 6.07) is 10.3. The molecule has 0 saturated heterocycles. The zero-order valence-electron chi connectivity index (χ0n) is 13.0. The van der Waals surface area contributed by atoms with Crippen LogP contribution in [0.15, 0.2) is 47.5 Å². The summed E-state index contributed by atoms with van der Waals surface area (Å²) in [5.41, 5.74) is 1.04. The summed E-state index contributed by atoms with van der Waals surface area (Å²) in [6.07, 6.45) is 11.5. The van der Waals surface area contributed by atoms with Gasteiger partial charge in [-0.3, -0.25) is 0 Å². The van der Waals surface area contributed by atoms with Crippen molar-refractivity contribution in [3.05, 3.63) is 48.0 Å². The highest BCUT2D eigenvalue weighted by molar-refractivity contribution is 5.95. The zero-order valence-corrected chi connectivity index (χ0v) is 13.0. The van der Waals surface area contributed by atoms with Gasteiger partial charge in [0, 0.05) is 5.56 Å². The smallest absolute Gasteiger partial charge is 0.217 e. The molecule has 1 aliphatic carbocycles. The van der Waals surface area contributed by atoms with Crippen molar-refractivity contribution >= 4 is 5.90 Å². The van der Waals surface area contributed by atoms with E-state index in [1.165, 1.54) is 32.1 Å². The summed E-state index contributed by atoms with van der Waals surface area (Å²) in [5.74, 6) is 1.51. The molecule has 1 aromatic rings. The molecule has 1 heterocycles. The second kappa shape index (κ2) is 7.59. The molecule has 0 aromatic heterocycles. The molecule has 0 spiro atoms. The largest absolute Gasteiger partial charge is 0.468 e. The van der Waals surface area contributed by atoms with E-state index in [9.17, 15) is 0 Å². The third kappa shape index (κ3) is 3.77. The third-order valence-corrected chi connectivity index (χ3v) is 4.66. The predicted octanol–water partition coefficient (Wildman–Crippen LogP) is 3.72. The number of aliphatic hydroxyl groups is 1. The van der Waals surface area contributed by atoms with Crippen molar-refractivity contribution in [3.63, 3.8) is 0 Å². The molecule has 3 nitrogen and oxygen atoms in total. The van der Waals surface area contributed by atoms with Crippen LogP contribution in [0, 0.1) is 5.92 Å². The minimum atomic E-state index is -0.0377. The fourth-order valence-electron chi connectivity index (χ4n) is 3.50. The van der Waals surface area contributed by atoms with Gasteiger partial charge in [0.1, 0.15) is 6.10 Å². The van der Waals surface area contributed by atoms with Gasteiger partial charge in [-0.2, -0.15) is 0 Å². The first-order valence-electron chi connectivity index (χ1n) is 8.44. The Kier molecular flexibility index (Phi) is 5.28. The number of rotatable bonds is 5. The Bertz CT molecular complexity index is 517. The minimum absolute atomic E-state index is 0.0377. The van der Waals surface area contributed by atoms with E-state index >= 15 is 0 Å². The molecule has 3 heteroatoms. The van der Waals surface area contributed by atoms with E-state index < -0.39 is 0 Å². The molecule has 1 N–H and O–H groups in total. The van der Waals surface area contributed by atoms with Crippen LogP contribution in [0.5, 0.6) is 0 Å². The van der Waals surface area contributed by atoms with Gasteiger partial charge in [-0.25, -0.2) is 4.99 Å². The molecule has 1 aliphatic heterocycles. The van der Waals surface area contributed by atoms with Gasteiger partial charge in [0.05, 0.1) is 12.6 Å². The molecule has 2 aliphatic rings. The lowest BCUT2D eigenvalue weighted by atomic mass is 9.84. The number of hydrogen-bond acceptors (Lipinski definition) is 3. The van der Waals surface area contributed by atoms with Gasteiger partial charge < -0.3 is 9.84 Å². The van der Waals surface area contributed by atoms with Gasteiger partial charge in [-0.1, -0.05) is 56.4 Å². The van der Waals surface area contributed by atoms with Gasteiger partial charge in [-0.15, -0.1) is 0 Å². The molecular formula is C19H25NO2. The van der Waals surface area contributed by atoms with Crippen LogP contribution >= 0.6 is 0 Å². The van der Waals surface area contributed by atoms with E-state index in [-0.39, 0.29) is 18.8 Å². The summed E-state index contributed by atoms with van der Waals surface area (Å²) in [4.78, 5) is 4.85. The lowest BCUT2D eigenvalue weighted by Gasteiger charge is -2.24. The molecular weight excluding hydrogens is 274 g/mol. The maximum atomic E-state index is 9.04. The number of benzene rings is 1. The van der Waals surface area contributed by atoms with Crippen LogP contribution in [0.1, 0.15) is 44.1 Å². The second-order valence-corrected chi connectivity index (χ2v) is 6.30. The first-order chi connectivity index (χ1) is 10.9. The monoisotopic (exact) mass is 299 g/mol. The lowest BCUT2D eigenvalue weighted by molar-refractivity contribution is 0.211. The zero-order chi connectivity index (χ0) is 15.2. The number of hydrogen-bond donors (Lipinski definition) is 1. The Morgan fingerprint density at radius 3 is 2.64 bits per heavy atom. The SMILES string of the molecule is OC/C=C/[C@@H]1OC(c2ccccc2)=N[C@H]1CC1CCCCC1. The van der Waals surface area contributed by atoms with Crippen LogP contribution in [0.3, 0.4) is 0 Å². The van der Waals surface area contributed by atoms with E-state index in [4.69, 9.17) is 14.8 Å².